The zero-order valence-electron chi connectivity index (χ0n) is 14.0. The minimum atomic E-state index is -0.594. The van der Waals surface area contributed by atoms with Gasteiger partial charge < -0.3 is 20.1 Å². The van der Waals surface area contributed by atoms with Gasteiger partial charge in [-0.2, -0.15) is 0 Å². The second kappa shape index (κ2) is 8.39. The molecule has 132 valence electrons. The maximum atomic E-state index is 12.6. The van der Waals surface area contributed by atoms with Crippen LogP contribution in [-0.4, -0.2) is 37.5 Å². The first-order valence-corrected chi connectivity index (χ1v) is 7.87. The van der Waals surface area contributed by atoms with E-state index in [1.165, 1.54) is 7.11 Å². The summed E-state index contributed by atoms with van der Waals surface area (Å²) in [6.45, 7) is 0.153. The summed E-state index contributed by atoms with van der Waals surface area (Å²) in [5, 5.41) is 0.621. The highest BCUT2D eigenvalue weighted by molar-refractivity contribution is 6.30. The minimum Gasteiger partial charge on any atom is -0.493 e. The van der Waals surface area contributed by atoms with Crippen molar-refractivity contribution in [2.24, 2.45) is 5.73 Å². The van der Waals surface area contributed by atoms with Crippen LogP contribution in [-0.2, 0) is 11.3 Å². The molecule has 7 heteroatoms. The van der Waals surface area contributed by atoms with Gasteiger partial charge in [-0.15, -0.1) is 0 Å². The molecule has 2 rings (SSSR count). The van der Waals surface area contributed by atoms with Gasteiger partial charge in [0.25, 0.3) is 11.8 Å². The van der Waals surface area contributed by atoms with E-state index in [0.717, 1.165) is 5.56 Å². The maximum Gasteiger partial charge on any atom is 0.255 e. The van der Waals surface area contributed by atoms with Crippen LogP contribution in [0.4, 0.5) is 0 Å². The molecule has 0 aromatic heterocycles. The molecule has 0 aliphatic rings. The van der Waals surface area contributed by atoms with Crippen LogP contribution in [0.3, 0.4) is 0 Å². The third-order valence-corrected chi connectivity index (χ3v) is 3.67. The zero-order valence-corrected chi connectivity index (χ0v) is 14.7. The Kier molecular flexibility index (Phi) is 6.25. The first-order valence-electron chi connectivity index (χ1n) is 7.49. The second-order valence-electron chi connectivity index (χ2n) is 5.41. The second-order valence-corrected chi connectivity index (χ2v) is 5.85. The summed E-state index contributed by atoms with van der Waals surface area (Å²) in [7, 11) is 3.16. The van der Waals surface area contributed by atoms with E-state index >= 15 is 0 Å². The van der Waals surface area contributed by atoms with Gasteiger partial charge in [-0.25, -0.2) is 0 Å². The summed E-state index contributed by atoms with van der Waals surface area (Å²) in [5.41, 5.74) is 6.42. The van der Waals surface area contributed by atoms with Crippen LogP contribution in [0.5, 0.6) is 11.5 Å². The van der Waals surface area contributed by atoms with E-state index in [2.05, 4.69) is 0 Å². The van der Waals surface area contributed by atoms with Gasteiger partial charge in [0, 0.05) is 24.2 Å². The van der Waals surface area contributed by atoms with Crippen LogP contribution >= 0.6 is 11.6 Å². The Morgan fingerprint density at radius 1 is 1.16 bits per heavy atom. The fraction of sp³-hybridized carbons (Fsp3) is 0.222. The first kappa shape index (κ1) is 18.6. The van der Waals surface area contributed by atoms with Crippen LogP contribution in [0.15, 0.2) is 42.5 Å². The molecular weight excluding hydrogens is 344 g/mol. The molecule has 0 saturated heterocycles. The van der Waals surface area contributed by atoms with Gasteiger partial charge in [0.05, 0.1) is 7.11 Å². The van der Waals surface area contributed by atoms with Gasteiger partial charge in [0.15, 0.2) is 18.1 Å². The summed E-state index contributed by atoms with van der Waals surface area (Å²) in [4.78, 5) is 25.0. The number of amides is 2. The highest BCUT2D eigenvalue weighted by atomic mass is 35.5. The zero-order chi connectivity index (χ0) is 18.4. The average molecular weight is 363 g/mol. The van der Waals surface area contributed by atoms with Crippen molar-refractivity contribution >= 4 is 23.4 Å². The molecule has 0 bridgehead atoms. The number of carbonyl (C=O) groups is 2. The Labute approximate surface area is 151 Å². The topological polar surface area (TPSA) is 81.9 Å². The lowest BCUT2D eigenvalue weighted by Gasteiger charge is -2.18. The standard InChI is InChI=1S/C18H19ClN2O4/c1-21(10-12-4-3-5-14(19)8-12)18(23)13-6-7-15(16(9-13)24-2)25-11-17(20)22/h3-9H,10-11H2,1-2H3,(H2,20,22). The van der Waals surface area contributed by atoms with E-state index < -0.39 is 5.91 Å². The van der Waals surface area contributed by atoms with Crippen molar-refractivity contribution in [2.45, 2.75) is 6.54 Å². The lowest BCUT2D eigenvalue weighted by molar-refractivity contribution is -0.119. The third-order valence-electron chi connectivity index (χ3n) is 3.44. The van der Waals surface area contributed by atoms with Crippen molar-refractivity contribution in [3.63, 3.8) is 0 Å². The maximum absolute atomic E-state index is 12.6. The third kappa shape index (κ3) is 5.12. The molecule has 0 fully saturated rings. The Balaban J connectivity index is 2.13. The van der Waals surface area contributed by atoms with Crippen molar-refractivity contribution in [1.82, 2.24) is 4.90 Å². The number of methoxy groups -OCH3 is 1. The predicted molar refractivity (Wildman–Crippen MR) is 94.9 cm³/mol. The van der Waals surface area contributed by atoms with Gasteiger partial charge in [-0.3, -0.25) is 9.59 Å². The number of benzene rings is 2. The van der Waals surface area contributed by atoms with Crippen LogP contribution in [0.2, 0.25) is 5.02 Å². The fourth-order valence-corrected chi connectivity index (χ4v) is 2.48. The molecular formula is C18H19ClN2O4. The molecule has 6 nitrogen and oxygen atoms in total. The number of hydrogen-bond donors (Lipinski definition) is 1. The lowest BCUT2D eigenvalue weighted by atomic mass is 10.1. The summed E-state index contributed by atoms with van der Waals surface area (Å²) in [5.74, 6) is -0.0817. The smallest absolute Gasteiger partial charge is 0.255 e. The normalized spacial score (nSPS) is 10.2. The molecule has 0 saturated carbocycles. The van der Waals surface area contributed by atoms with Crippen molar-refractivity contribution in [3.8, 4) is 11.5 Å². The minimum absolute atomic E-state index is 0.181. The van der Waals surface area contributed by atoms with Gasteiger partial charge in [-0.05, 0) is 35.9 Å². The fourth-order valence-electron chi connectivity index (χ4n) is 2.27. The van der Waals surface area contributed by atoms with Crippen molar-refractivity contribution in [1.29, 1.82) is 0 Å². The summed E-state index contributed by atoms with van der Waals surface area (Å²) < 4.78 is 10.5. The Bertz CT molecular complexity index is 779. The number of carbonyl (C=O) groups excluding carboxylic acids is 2. The van der Waals surface area contributed by atoms with E-state index in [0.29, 0.717) is 28.6 Å². The molecule has 2 amide bonds. The monoisotopic (exact) mass is 362 g/mol. The molecule has 0 aliphatic carbocycles. The number of nitrogens with zero attached hydrogens (tertiary/aromatic N) is 1. The summed E-state index contributed by atoms with van der Waals surface area (Å²) >= 11 is 5.97. The first-order chi connectivity index (χ1) is 11.9. The molecule has 2 N–H and O–H groups in total. The predicted octanol–water partition coefficient (Wildman–Crippen LogP) is 2.48. The largest absolute Gasteiger partial charge is 0.493 e. The highest BCUT2D eigenvalue weighted by Crippen LogP contribution is 2.28. The van der Waals surface area contributed by atoms with E-state index in [1.807, 2.05) is 18.2 Å². The van der Waals surface area contributed by atoms with E-state index in [9.17, 15) is 9.59 Å². The van der Waals surface area contributed by atoms with E-state index in [4.69, 9.17) is 26.8 Å². The van der Waals surface area contributed by atoms with Gasteiger partial charge in [-0.1, -0.05) is 23.7 Å². The van der Waals surface area contributed by atoms with Gasteiger partial charge in [0.2, 0.25) is 0 Å². The Morgan fingerprint density at radius 3 is 2.56 bits per heavy atom. The number of hydrogen-bond acceptors (Lipinski definition) is 4. The summed E-state index contributed by atoms with van der Waals surface area (Å²) in [6.07, 6.45) is 0. The molecule has 2 aromatic carbocycles. The van der Waals surface area contributed by atoms with Crippen molar-refractivity contribution in [2.75, 3.05) is 20.8 Å². The SMILES string of the molecule is COc1cc(C(=O)N(C)Cc2cccc(Cl)c2)ccc1OCC(N)=O. The average Bonchev–Trinajstić information content (AvgIpc) is 2.59. The van der Waals surface area contributed by atoms with Gasteiger partial charge in [0.1, 0.15) is 0 Å². The Morgan fingerprint density at radius 2 is 1.92 bits per heavy atom. The number of halogens is 1. The number of ether oxygens (including phenoxy) is 2. The number of rotatable bonds is 7. The summed E-state index contributed by atoms with van der Waals surface area (Å²) in [6, 6.07) is 12.1. The quantitative estimate of drug-likeness (QED) is 0.820. The van der Waals surface area contributed by atoms with Crippen LogP contribution in [0.25, 0.3) is 0 Å². The van der Waals surface area contributed by atoms with Crippen molar-refractivity contribution < 1.29 is 19.1 Å². The lowest BCUT2D eigenvalue weighted by Crippen LogP contribution is -2.26. The van der Waals surface area contributed by atoms with Crippen LogP contribution in [0.1, 0.15) is 15.9 Å². The van der Waals surface area contributed by atoms with Crippen LogP contribution in [0, 0.1) is 0 Å². The molecule has 25 heavy (non-hydrogen) atoms. The Hall–Kier alpha value is -2.73. The van der Waals surface area contributed by atoms with Gasteiger partial charge >= 0.3 is 0 Å². The molecule has 0 atom stereocenters. The number of nitrogens with two attached hydrogens (primary N) is 1. The molecule has 0 heterocycles. The molecule has 0 spiro atoms. The number of primary amides is 1. The molecule has 0 radical (unpaired) electrons. The van der Waals surface area contributed by atoms with Crippen LogP contribution < -0.4 is 15.2 Å². The molecule has 0 aliphatic heterocycles. The van der Waals surface area contributed by atoms with Crippen molar-refractivity contribution in [3.05, 3.63) is 58.6 Å². The van der Waals surface area contributed by atoms with E-state index in [-0.39, 0.29) is 12.5 Å². The highest BCUT2D eigenvalue weighted by Gasteiger charge is 2.16. The molecule has 0 unspecified atom stereocenters. The van der Waals surface area contributed by atoms with E-state index in [1.54, 1.807) is 36.2 Å². The molecule has 2 aromatic rings.